The Morgan fingerprint density at radius 2 is 2.13 bits per heavy atom. The molecular weight excluding hydrogens is 495 g/mol. The van der Waals surface area contributed by atoms with E-state index in [4.69, 9.17) is 9.47 Å². The lowest BCUT2D eigenvalue weighted by Crippen LogP contribution is -2.39. The molecule has 1 aromatic heterocycles. The molecule has 0 radical (unpaired) electrons. The summed E-state index contributed by atoms with van der Waals surface area (Å²) in [6.07, 6.45) is 3.52. The Balaban J connectivity index is 0.00000320. The van der Waals surface area contributed by atoms with Crippen LogP contribution in [-0.4, -0.2) is 52.6 Å². The van der Waals surface area contributed by atoms with Gasteiger partial charge in [0.2, 0.25) is 0 Å². The zero-order valence-corrected chi connectivity index (χ0v) is 20.6. The fraction of sp³-hybridized carbons (Fsp3) is 0.571. The molecule has 8 nitrogen and oxygen atoms in total. The lowest BCUT2D eigenvalue weighted by molar-refractivity contribution is 0.132. The summed E-state index contributed by atoms with van der Waals surface area (Å²) >= 11 is 0. The van der Waals surface area contributed by atoms with E-state index in [0.29, 0.717) is 19.7 Å². The van der Waals surface area contributed by atoms with Crippen molar-refractivity contribution >= 4 is 29.9 Å². The molecule has 2 aromatic rings. The Labute approximate surface area is 195 Å². The number of ether oxygens (including phenoxy) is 2. The number of benzene rings is 1. The lowest BCUT2D eigenvalue weighted by atomic mass is 10.0. The van der Waals surface area contributed by atoms with Gasteiger partial charge in [-0.15, -0.1) is 34.2 Å². The fourth-order valence-corrected chi connectivity index (χ4v) is 3.38. The molecule has 3 rings (SSSR count). The lowest BCUT2D eigenvalue weighted by Gasteiger charge is -2.18. The molecule has 0 unspecified atom stereocenters. The van der Waals surface area contributed by atoms with Crippen LogP contribution >= 0.6 is 24.0 Å². The molecule has 0 saturated heterocycles. The van der Waals surface area contributed by atoms with Crippen molar-refractivity contribution < 1.29 is 9.47 Å². The van der Waals surface area contributed by atoms with E-state index in [2.05, 4.69) is 59.6 Å². The first kappa shape index (κ1) is 24.2. The van der Waals surface area contributed by atoms with Crippen molar-refractivity contribution in [2.45, 2.75) is 52.7 Å². The van der Waals surface area contributed by atoms with Crippen LogP contribution in [-0.2, 0) is 19.4 Å². The number of halogens is 1. The summed E-state index contributed by atoms with van der Waals surface area (Å²) in [5, 5.41) is 14.6. The number of hydrogen-bond donors (Lipinski definition) is 2. The van der Waals surface area contributed by atoms with Crippen LogP contribution in [0.2, 0.25) is 0 Å². The second kappa shape index (κ2) is 11.4. The van der Waals surface area contributed by atoms with E-state index in [0.717, 1.165) is 49.2 Å². The normalized spacial score (nSPS) is 14.5. The summed E-state index contributed by atoms with van der Waals surface area (Å²) in [7, 11) is 0. The topological polar surface area (TPSA) is 85.6 Å². The number of guanidine groups is 1. The average Bonchev–Trinajstić information content (AvgIpc) is 3.27. The number of aryl methyl sites for hydroxylation is 1. The molecule has 2 N–H and O–H groups in total. The highest BCUT2D eigenvalue weighted by molar-refractivity contribution is 14.0. The van der Waals surface area contributed by atoms with Crippen molar-refractivity contribution in [1.82, 2.24) is 25.4 Å². The number of aromatic nitrogens is 3. The first-order chi connectivity index (χ1) is 14.0. The number of hydrogen-bond acceptors (Lipinski definition) is 5. The van der Waals surface area contributed by atoms with Crippen molar-refractivity contribution in [1.29, 1.82) is 0 Å². The van der Waals surface area contributed by atoms with Gasteiger partial charge in [-0.25, -0.2) is 0 Å². The highest BCUT2D eigenvalue weighted by atomic mass is 127. The maximum Gasteiger partial charge on any atom is 0.191 e. The summed E-state index contributed by atoms with van der Waals surface area (Å²) in [5.74, 6) is 3.43. The Hall–Kier alpha value is -2.04. The number of nitrogens with one attached hydrogen (secondary N) is 2. The van der Waals surface area contributed by atoms with Crippen LogP contribution in [0.3, 0.4) is 0 Å². The van der Waals surface area contributed by atoms with Gasteiger partial charge in [0, 0.05) is 31.5 Å². The molecule has 9 heteroatoms. The van der Waals surface area contributed by atoms with Gasteiger partial charge in [0.25, 0.3) is 0 Å². The van der Waals surface area contributed by atoms with Crippen LogP contribution in [0.15, 0.2) is 29.5 Å². The van der Waals surface area contributed by atoms with E-state index in [9.17, 15) is 0 Å². The first-order valence-corrected chi connectivity index (χ1v) is 10.3. The molecule has 1 aromatic carbocycles. The highest BCUT2D eigenvalue weighted by Crippen LogP contribution is 2.41. The van der Waals surface area contributed by atoms with Gasteiger partial charge in [-0.3, -0.25) is 4.99 Å². The van der Waals surface area contributed by atoms with Crippen molar-refractivity contribution in [2.24, 2.45) is 4.99 Å². The van der Waals surface area contributed by atoms with E-state index < -0.39 is 0 Å². The second-order valence-corrected chi connectivity index (χ2v) is 7.61. The molecule has 30 heavy (non-hydrogen) atoms. The maximum atomic E-state index is 6.06. The minimum Gasteiger partial charge on any atom is -0.488 e. The summed E-state index contributed by atoms with van der Waals surface area (Å²) < 4.78 is 14.1. The van der Waals surface area contributed by atoms with Crippen LogP contribution in [0, 0.1) is 0 Å². The minimum atomic E-state index is -0.173. The molecule has 0 bridgehead atoms. The van der Waals surface area contributed by atoms with Crippen molar-refractivity contribution in [3.05, 3.63) is 35.9 Å². The number of aliphatic imine (C=N–C) groups is 1. The molecule has 0 amide bonds. The second-order valence-electron chi connectivity index (χ2n) is 7.61. The van der Waals surface area contributed by atoms with Gasteiger partial charge in [0.1, 0.15) is 24.4 Å². The molecule has 0 fully saturated rings. The predicted molar refractivity (Wildman–Crippen MR) is 129 cm³/mol. The molecule has 0 saturated carbocycles. The van der Waals surface area contributed by atoms with Gasteiger partial charge in [0.15, 0.2) is 17.5 Å². The summed E-state index contributed by atoms with van der Waals surface area (Å²) in [5.41, 5.74) is 1.03. The zero-order chi connectivity index (χ0) is 20.7. The van der Waals surface area contributed by atoms with Crippen LogP contribution in [0.1, 0.15) is 39.1 Å². The van der Waals surface area contributed by atoms with Gasteiger partial charge in [-0.1, -0.05) is 19.1 Å². The molecule has 0 atom stereocenters. The van der Waals surface area contributed by atoms with E-state index in [1.165, 1.54) is 5.56 Å². The monoisotopic (exact) mass is 528 g/mol. The number of fused-ring (bicyclic) bond motifs is 1. The summed E-state index contributed by atoms with van der Waals surface area (Å²) in [6, 6.07) is 6.09. The molecular formula is C21H33IN6O2. The number of nitrogens with zero attached hydrogens (tertiary/aromatic N) is 4. The van der Waals surface area contributed by atoms with Gasteiger partial charge in [-0.2, -0.15) is 0 Å². The standard InChI is InChI=1S/C21H32N6O2.HI/c1-5-18-26-25-15-27(18)12-10-23-20(22-6-2)24-11-13-28-17-9-7-8-16-14-21(3,4)29-19(16)17;/h7-9,15H,5-6,10-14H2,1-4H3,(H2,22,23,24);1H. The summed E-state index contributed by atoms with van der Waals surface area (Å²) in [4.78, 5) is 4.62. The number of rotatable bonds is 9. The Bertz CT molecular complexity index is 837. The molecule has 1 aliphatic rings. The maximum absolute atomic E-state index is 6.06. The third kappa shape index (κ3) is 6.48. The molecule has 0 aliphatic carbocycles. The van der Waals surface area contributed by atoms with Gasteiger partial charge < -0.3 is 24.7 Å². The average molecular weight is 528 g/mol. The van der Waals surface area contributed by atoms with Crippen LogP contribution in [0.5, 0.6) is 11.5 Å². The van der Waals surface area contributed by atoms with Crippen LogP contribution in [0.4, 0.5) is 0 Å². The number of para-hydroxylation sites is 1. The molecule has 166 valence electrons. The van der Waals surface area contributed by atoms with Gasteiger partial charge in [-0.05, 0) is 26.8 Å². The SMILES string of the molecule is CCNC(=NCCn1cnnc1CC)NCCOc1cccc2c1OC(C)(C)C2.I. The zero-order valence-electron chi connectivity index (χ0n) is 18.3. The van der Waals surface area contributed by atoms with E-state index in [-0.39, 0.29) is 29.6 Å². The first-order valence-electron chi connectivity index (χ1n) is 10.3. The molecule has 0 spiro atoms. The van der Waals surface area contributed by atoms with Crippen molar-refractivity contribution in [3.8, 4) is 11.5 Å². The third-order valence-electron chi connectivity index (χ3n) is 4.67. The van der Waals surface area contributed by atoms with Gasteiger partial charge in [0.05, 0.1) is 13.1 Å². The Kier molecular flexibility index (Phi) is 9.19. The van der Waals surface area contributed by atoms with E-state index in [1.54, 1.807) is 6.33 Å². The summed E-state index contributed by atoms with van der Waals surface area (Å²) in [6.45, 7) is 11.7. The minimum absolute atomic E-state index is 0. The smallest absolute Gasteiger partial charge is 0.191 e. The predicted octanol–water partition coefficient (Wildman–Crippen LogP) is 2.81. The largest absolute Gasteiger partial charge is 0.488 e. The van der Waals surface area contributed by atoms with E-state index >= 15 is 0 Å². The van der Waals surface area contributed by atoms with Crippen molar-refractivity contribution in [2.75, 3.05) is 26.2 Å². The third-order valence-corrected chi connectivity index (χ3v) is 4.67. The van der Waals surface area contributed by atoms with Crippen LogP contribution < -0.4 is 20.1 Å². The molecule has 1 aliphatic heterocycles. The van der Waals surface area contributed by atoms with E-state index in [1.807, 2.05) is 16.7 Å². The molecule has 2 heterocycles. The van der Waals surface area contributed by atoms with Crippen LogP contribution in [0.25, 0.3) is 0 Å². The quantitative estimate of drug-likeness (QED) is 0.226. The van der Waals surface area contributed by atoms with Gasteiger partial charge >= 0.3 is 0 Å². The fourth-order valence-electron chi connectivity index (χ4n) is 3.38. The Morgan fingerprint density at radius 1 is 1.30 bits per heavy atom. The Morgan fingerprint density at radius 3 is 2.90 bits per heavy atom. The highest BCUT2D eigenvalue weighted by Gasteiger charge is 2.32. The van der Waals surface area contributed by atoms with Crippen molar-refractivity contribution in [3.63, 3.8) is 0 Å².